The van der Waals surface area contributed by atoms with Gasteiger partial charge in [0.1, 0.15) is 0 Å². The second-order valence-electron chi connectivity index (χ2n) is 3.98. The summed E-state index contributed by atoms with van der Waals surface area (Å²) < 4.78 is 4.71. The van der Waals surface area contributed by atoms with Crippen LogP contribution >= 0.6 is 0 Å². The Morgan fingerprint density at radius 3 is 2.50 bits per heavy atom. The van der Waals surface area contributed by atoms with Crippen LogP contribution in [0.15, 0.2) is 0 Å². The minimum atomic E-state index is -0.162. The zero-order valence-electron chi connectivity index (χ0n) is 8.87. The van der Waals surface area contributed by atoms with Crippen LogP contribution in [0.4, 0.5) is 0 Å². The summed E-state index contributed by atoms with van der Waals surface area (Å²) in [5, 5.41) is 2.83. The van der Waals surface area contributed by atoms with Crippen LogP contribution in [0.25, 0.3) is 0 Å². The Labute approximate surface area is 84.0 Å². The van der Waals surface area contributed by atoms with E-state index in [2.05, 4.69) is 5.32 Å². The smallest absolute Gasteiger partial charge is 0.309 e. The number of hydrogen-bond donors (Lipinski definition) is 1. The second-order valence-corrected chi connectivity index (χ2v) is 3.98. The van der Waals surface area contributed by atoms with Gasteiger partial charge in [-0.2, -0.15) is 0 Å². The van der Waals surface area contributed by atoms with Gasteiger partial charge >= 0.3 is 5.97 Å². The van der Waals surface area contributed by atoms with Crippen LogP contribution in [-0.4, -0.2) is 25.0 Å². The summed E-state index contributed by atoms with van der Waals surface area (Å²) in [6, 6.07) is 0.131. The van der Waals surface area contributed by atoms with E-state index in [4.69, 9.17) is 4.74 Å². The average Bonchev–Trinajstić information content (AvgIpc) is 2.44. The quantitative estimate of drug-likeness (QED) is 0.666. The number of ether oxygens (including phenoxy) is 1. The highest BCUT2D eigenvalue weighted by atomic mass is 16.5. The van der Waals surface area contributed by atoms with Gasteiger partial charge in [-0.1, -0.05) is 6.92 Å². The first-order valence-electron chi connectivity index (χ1n) is 4.89. The fourth-order valence-corrected chi connectivity index (χ4v) is 2.13. The van der Waals surface area contributed by atoms with Crippen molar-refractivity contribution in [3.05, 3.63) is 0 Å². The molecule has 1 N–H and O–H groups in total. The summed E-state index contributed by atoms with van der Waals surface area (Å²) >= 11 is 0. The lowest BCUT2D eigenvalue weighted by Crippen LogP contribution is -2.31. The van der Waals surface area contributed by atoms with Crippen molar-refractivity contribution in [2.24, 2.45) is 11.8 Å². The predicted molar refractivity (Wildman–Crippen MR) is 51.5 cm³/mol. The van der Waals surface area contributed by atoms with E-state index in [1.165, 1.54) is 14.0 Å². The molecule has 4 heteroatoms. The Morgan fingerprint density at radius 2 is 2.00 bits per heavy atom. The number of amides is 1. The van der Waals surface area contributed by atoms with Gasteiger partial charge in [-0.25, -0.2) is 0 Å². The molecule has 0 bridgehead atoms. The average molecular weight is 199 g/mol. The van der Waals surface area contributed by atoms with Crippen LogP contribution in [0.1, 0.15) is 26.7 Å². The monoisotopic (exact) mass is 199 g/mol. The molecule has 3 atom stereocenters. The van der Waals surface area contributed by atoms with Gasteiger partial charge in [0.05, 0.1) is 13.0 Å². The van der Waals surface area contributed by atoms with Crippen LogP contribution in [0.5, 0.6) is 0 Å². The number of rotatable bonds is 2. The molecule has 1 amide bonds. The summed E-state index contributed by atoms with van der Waals surface area (Å²) in [6.07, 6.45) is 1.56. The maximum atomic E-state index is 11.3. The molecule has 0 spiro atoms. The molecule has 14 heavy (non-hydrogen) atoms. The van der Waals surface area contributed by atoms with Crippen LogP contribution in [0.2, 0.25) is 0 Å². The molecule has 0 saturated heterocycles. The summed E-state index contributed by atoms with van der Waals surface area (Å²) in [5.41, 5.74) is 0. The Morgan fingerprint density at radius 1 is 1.36 bits per heavy atom. The van der Waals surface area contributed by atoms with Crippen molar-refractivity contribution in [1.29, 1.82) is 0 Å². The topological polar surface area (TPSA) is 55.4 Å². The number of methoxy groups -OCH3 is 1. The van der Waals surface area contributed by atoms with E-state index in [0.717, 1.165) is 6.42 Å². The highest BCUT2D eigenvalue weighted by Crippen LogP contribution is 2.32. The van der Waals surface area contributed by atoms with E-state index in [9.17, 15) is 9.59 Å². The molecule has 1 rings (SSSR count). The molecule has 80 valence electrons. The molecule has 0 aromatic heterocycles. The summed E-state index contributed by atoms with van der Waals surface area (Å²) in [5.74, 6) is 0.0363. The van der Waals surface area contributed by atoms with Gasteiger partial charge in [-0.15, -0.1) is 0 Å². The van der Waals surface area contributed by atoms with Crippen molar-refractivity contribution in [2.45, 2.75) is 32.7 Å². The van der Waals surface area contributed by atoms with Crippen molar-refractivity contribution >= 4 is 11.9 Å². The predicted octanol–water partition coefficient (Wildman–Crippen LogP) is 0.710. The van der Waals surface area contributed by atoms with E-state index < -0.39 is 0 Å². The fraction of sp³-hybridized carbons (Fsp3) is 0.800. The summed E-state index contributed by atoms with van der Waals surface area (Å²) in [6.45, 7) is 3.51. The lowest BCUT2D eigenvalue weighted by molar-refractivity contribution is -0.146. The second kappa shape index (κ2) is 4.44. The fourth-order valence-electron chi connectivity index (χ4n) is 2.13. The number of nitrogens with one attached hydrogen (secondary N) is 1. The molecular formula is C10H17NO3. The lowest BCUT2D eigenvalue weighted by atomic mass is 9.99. The maximum absolute atomic E-state index is 11.3. The summed E-state index contributed by atoms with van der Waals surface area (Å²) in [7, 11) is 1.40. The van der Waals surface area contributed by atoms with E-state index in [1.54, 1.807) is 0 Å². The first-order chi connectivity index (χ1) is 6.54. The molecule has 0 unspecified atom stereocenters. The van der Waals surface area contributed by atoms with Gasteiger partial charge in [0.25, 0.3) is 0 Å². The molecule has 0 aromatic carbocycles. The van der Waals surface area contributed by atoms with Crippen LogP contribution in [-0.2, 0) is 14.3 Å². The highest BCUT2D eigenvalue weighted by Gasteiger charge is 2.36. The minimum Gasteiger partial charge on any atom is -0.469 e. The molecular weight excluding hydrogens is 182 g/mol. The van der Waals surface area contributed by atoms with E-state index in [-0.39, 0.29) is 23.8 Å². The molecule has 1 saturated carbocycles. The Hall–Kier alpha value is -1.06. The van der Waals surface area contributed by atoms with Gasteiger partial charge in [0.2, 0.25) is 5.91 Å². The van der Waals surface area contributed by atoms with Crippen molar-refractivity contribution in [3.63, 3.8) is 0 Å². The van der Waals surface area contributed by atoms with Gasteiger partial charge in [0, 0.05) is 13.0 Å². The van der Waals surface area contributed by atoms with Crippen LogP contribution in [0, 0.1) is 11.8 Å². The first kappa shape index (κ1) is 11.0. The summed E-state index contributed by atoms with van der Waals surface area (Å²) in [4.78, 5) is 22.1. The molecule has 1 fully saturated rings. The Balaban J connectivity index is 2.51. The maximum Gasteiger partial charge on any atom is 0.309 e. The van der Waals surface area contributed by atoms with E-state index in [1.807, 2.05) is 6.92 Å². The molecule has 0 aromatic rings. The van der Waals surface area contributed by atoms with Gasteiger partial charge in [0.15, 0.2) is 0 Å². The van der Waals surface area contributed by atoms with Crippen molar-refractivity contribution < 1.29 is 14.3 Å². The molecule has 0 heterocycles. The molecule has 0 aliphatic heterocycles. The third-order valence-corrected chi connectivity index (χ3v) is 2.79. The standard InChI is InChI=1S/C10H17NO3/c1-6-4-8(11-7(2)12)5-9(6)10(13)14-3/h6,8-9H,4-5H2,1-3H3,(H,11,12)/t6-,8+,9+/m1/s1. The number of carbonyl (C=O) groups is 2. The molecule has 1 aliphatic rings. The van der Waals surface area contributed by atoms with E-state index >= 15 is 0 Å². The zero-order chi connectivity index (χ0) is 10.7. The van der Waals surface area contributed by atoms with Crippen molar-refractivity contribution in [3.8, 4) is 0 Å². The lowest BCUT2D eigenvalue weighted by Gasteiger charge is -2.11. The number of esters is 1. The van der Waals surface area contributed by atoms with Gasteiger partial charge in [-0.3, -0.25) is 9.59 Å². The normalized spacial score (nSPS) is 31.2. The minimum absolute atomic E-state index is 0.0345. The zero-order valence-corrected chi connectivity index (χ0v) is 8.87. The molecule has 0 radical (unpaired) electrons. The molecule has 4 nitrogen and oxygen atoms in total. The van der Waals surface area contributed by atoms with Crippen LogP contribution < -0.4 is 5.32 Å². The third kappa shape index (κ3) is 2.47. The van der Waals surface area contributed by atoms with E-state index in [0.29, 0.717) is 12.3 Å². The Bertz CT molecular complexity index is 240. The number of hydrogen-bond acceptors (Lipinski definition) is 3. The van der Waals surface area contributed by atoms with Crippen molar-refractivity contribution in [2.75, 3.05) is 7.11 Å². The first-order valence-corrected chi connectivity index (χ1v) is 4.89. The SMILES string of the molecule is COC(=O)[C@H]1C[C@@H](NC(C)=O)C[C@H]1C. The van der Waals surface area contributed by atoms with Gasteiger partial charge in [-0.05, 0) is 18.8 Å². The Kier molecular flexibility index (Phi) is 3.49. The number of carbonyl (C=O) groups excluding carboxylic acids is 2. The highest BCUT2D eigenvalue weighted by molar-refractivity contribution is 5.75. The van der Waals surface area contributed by atoms with Gasteiger partial charge < -0.3 is 10.1 Å². The molecule has 1 aliphatic carbocycles. The largest absolute Gasteiger partial charge is 0.469 e. The third-order valence-electron chi connectivity index (χ3n) is 2.79. The van der Waals surface area contributed by atoms with Crippen LogP contribution in [0.3, 0.4) is 0 Å². The van der Waals surface area contributed by atoms with Crippen molar-refractivity contribution in [1.82, 2.24) is 5.32 Å².